The van der Waals surface area contributed by atoms with E-state index >= 15 is 0 Å². The van der Waals surface area contributed by atoms with E-state index in [-0.39, 0.29) is 11.8 Å². The van der Waals surface area contributed by atoms with Crippen molar-refractivity contribution in [2.45, 2.75) is 20.3 Å². The third kappa shape index (κ3) is 3.27. The second-order valence-corrected chi connectivity index (χ2v) is 3.89. The third-order valence-corrected chi connectivity index (χ3v) is 2.71. The van der Waals surface area contributed by atoms with Gasteiger partial charge in [0.15, 0.2) is 0 Å². The minimum Gasteiger partial charge on any atom is -0.469 e. The van der Waals surface area contributed by atoms with E-state index in [1.807, 2.05) is 13.8 Å². The first-order valence-corrected chi connectivity index (χ1v) is 5.63. The molecule has 84 valence electrons. The summed E-state index contributed by atoms with van der Waals surface area (Å²) >= 11 is 5.65. The van der Waals surface area contributed by atoms with E-state index in [2.05, 4.69) is 5.32 Å². The van der Waals surface area contributed by atoms with Crippen LogP contribution in [0.15, 0.2) is 16.7 Å². The van der Waals surface area contributed by atoms with Crippen LogP contribution in [0.5, 0.6) is 0 Å². The van der Waals surface area contributed by atoms with Gasteiger partial charge in [0.2, 0.25) is 0 Å². The van der Waals surface area contributed by atoms with Gasteiger partial charge in [-0.1, -0.05) is 13.8 Å². The molecule has 3 nitrogen and oxygen atoms in total. The van der Waals surface area contributed by atoms with Crippen LogP contribution in [0.4, 0.5) is 0 Å². The quantitative estimate of drug-likeness (QED) is 0.789. The van der Waals surface area contributed by atoms with Crippen LogP contribution in [0.1, 0.15) is 30.0 Å². The van der Waals surface area contributed by atoms with Crippen LogP contribution in [0, 0.1) is 5.92 Å². The second-order valence-electron chi connectivity index (χ2n) is 3.58. The molecule has 1 rings (SSSR count). The molecule has 0 saturated carbocycles. The molecule has 0 aliphatic rings. The summed E-state index contributed by atoms with van der Waals surface area (Å²) in [6.07, 6.45) is 2.26. The lowest BCUT2D eigenvalue weighted by atomic mass is 10.2. The van der Waals surface area contributed by atoms with Gasteiger partial charge < -0.3 is 9.73 Å². The molecule has 0 aromatic carbocycles. The van der Waals surface area contributed by atoms with Gasteiger partial charge in [0, 0.05) is 18.8 Å². The summed E-state index contributed by atoms with van der Waals surface area (Å²) in [5.41, 5.74) is 0.624. The Balaban J connectivity index is 2.54. The fraction of sp³-hybridized carbons (Fsp3) is 0.545. The molecule has 0 spiro atoms. The van der Waals surface area contributed by atoms with Crippen molar-refractivity contribution in [3.8, 4) is 0 Å². The highest BCUT2D eigenvalue weighted by Crippen LogP contribution is 2.10. The number of hydrogen-bond donors (Lipinski definition) is 1. The van der Waals surface area contributed by atoms with E-state index < -0.39 is 0 Å². The van der Waals surface area contributed by atoms with Crippen molar-refractivity contribution >= 4 is 17.5 Å². The van der Waals surface area contributed by atoms with Gasteiger partial charge in [-0.2, -0.15) is 0 Å². The minimum absolute atomic E-state index is 0.0856. The van der Waals surface area contributed by atoms with Gasteiger partial charge >= 0.3 is 0 Å². The van der Waals surface area contributed by atoms with Crippen LogP contribution < -0.4 is 5.32 Å². The number of carbonyl (C=O) groups is 1. The SMILES string of the molecule is CCc1occc1C(=O)NCC(C)CCl. The molecule has 0 aliphatic carbocycles. The van der Waals surface area contributed by atoms with Crippen molar-refractivity contribution in [2.75, 3.05) is 12.4 Å². The Morgan fingerprint density at radius 3 is 3.00 bits per heavy atom. The first-order valence-electron chi connectivity index (χ1n) is 5.09. The number of amides is 1. The van der Waals surface area contributed by atoms with Gasteiger partial charge in [-0.25, -0.2) is 0 Å². The zero-order valence-corrected chi connectivity index (χ0v) is 9.80. The summed E-state index contributed by atoms with van der Waals surface area (Å²) in [6.45, 7) is 4.54. The molecule has 4 heteroatoms. The zero-order chi connectivity index (χ0) is 11.3. The maximum Gasteiger partial charge on any atom is 0.254 e. The van der Waals surface area contributed by atoms with Crippen molar-refractivity contribution in [3.63, 3.8) is 0 Å². The van der Waals surface area contributed by atoms with Crippen LogP contribution in [0.25, 0.3) is 0 Å². The Labute approximate surface area is 94.8 Å². The Bertz CT molecular complexity index is 322. The highest BCUT2D eigenvalue weighted by atomic mass is 35.5. The Hall–Kier alpha value is -0.960. The summed E-state index contributed by atoms with van der Waals surface area (Å²) in [4.78, 5) is 11.7. The molecule has 15 heavy (non-hydrogen) atoms. The number of halogens is 1. The fourth-order valence-electron chi connectivity index (χ4n) is 1.23. The summed E-state index contributed by atoms with van der Waals surface area (Å²) in [5.74, 6) is 1.47. The van der Waals surface area contributed by atoms with Gasteiger partial charge in [0.05, 0.1) is 11.8 Å². The Kier molecular flexibility index (Phi) is 4.69. The number of aryl methyl sites for hydroxylation is 1. The van der Waals surface area contributed by atoms with Crippen LogP contribution in [-0.4, -0.2) is 18.3 Å². The summed E-state index contributed by atoms with van der Waals surface area (Å²) in [5, 5.41) is 2.83. The van der Waals surface area contributed by atoms with Gasteiger partial charge in [-0.05, 0) is 12.0 Å². The monoisotopic (exact) mass is 229 g/mol. The van der Waals surface area contributed by atoms with Crippen molar-refractivity contribution in [1.29, 1.82) is 0 Å². The topological polar surface area (TPSA) is 42.2 Å². The maximum absolute atomic E-state index is 11.7. The lowest BCUT2D eigenvalue weighted by Gasteiger charge is -2.08. The van der Waals surface area contributed by atoms with Crippen molar-refractivity contribution in [2.24, 2.45) is 5.92 Å². The van der Waals surface area contributed by atoms with E-state index in [1.54, 1.807) is 12.3 Å². The minimum atomic E-state index is -0.0856. The highest BCUT2D eigenvalue weighted by Gasteiger charge is 2.13. The number of rotatable bonds is 5. The van der Waals surface area contributed by atoms with Gasteiger partial charge in [-0.15, -0.1) is 11.6 Å². The second kappa shape index (κ2) is 5.81. The van der Waals surface area contributed by atoms with Crippen LogP contribution in [0.2, 0.25) is 0 Å². The Morgan fingerprint density at radius 1 is 1.67 bits per heavy atom. The van der Waals surface area contributed by atoms with Crippen molar-refractivity contribution < 1.29 is 9.21 Å². The molecule has 1 aromatic heterocycles. The van der Waals surface area contributed by atoms with E-state index in [1.165, 1.54) is 0 Å². The predicted octanol–water partition coefficient (Wildman–Crippen LogP) is 2.45. The standard InChI is InChI=1S/C11H16ClNO2/c1-3-10-9(4-5-15-10)11(14)13-7-8(2)6-12/h4-5,8H,3,6-7H2,1-2H3,(H,13,14). The molecule has 0 aliphatic heterocycles. The number of furan rings is 1. The lowest BCUT2D eigenvalue weighted by Crippen LogP contribution is -2.29. The number of alkyl halides is 1. The largest absolute Gasteiger partial charge is 0.469 e. The molecular weight excluding hydrogens is 214 g/mol. The van der Waals surface area contributed by atoms with Crippen LogP contribution >= 0.6 is 11.6 Å². The molecule has 1 heterocycles. The van der Waals surface area contributed by atoms with Crippen molar-refractivity contribution in [3.05, 3.63) is 23.7 Å². The first-order chi connectivity index (χ1) is 7.19. The zero-order valence-electron chi connectivity index (χ0n) is 9.05. The summed E-state index contributed by atoms with van der Waals surface area (Å²) < 4.78 is 5.18. The molecule has 0 saturated heterocycles. The van der Waals surface area contributed by atoms with E-state index in [0.717, 1.165) is 12.2 Å². The molecular formula is C11H16ClNO2. The molecule has 1 N–H and O–H groups in total. The summed E-state index contributed by atoms with van der Waals surface area (Å²) in [7, 11) is 0. The maximum atomic E-state index is 11.7. The highest BCUT2D eigenvalue weighted by molar-refractivity contribution is 6.18. The normalized spacial score (nSPS) is 12.5. The molecule has 0 fully saturated rings. The molecule has 1 aromatic rings. The van der Waals surface area contributed by atoms with E-state index in [9.17, 15) is 4.79 Å². The van der Waals surface area contributed by atoms with E-state index in [4.69, 9.17) is 16.0 Å². The van der Waals surface area contributed by atoms with Gasteiger partial charge in [0.25, 0.3) is 5.91 Å². The lowest BCUT2D eigenvalue weighted by molar-refractivity contribution is 0.0947. The first kappa shape index (κ1) is 12.1. The average Bonchev–Trinajstić information content (AvgIpc) is 2.73. The third-order valence-electron chi connectivity index (χ3n) is 2.19. The predicted molar refractivity (Wildman–Crippen MR) is 60.3 cm³/mol. The fourth-order valence-corrected chi connectivity index (χ4v) is 1.34. The van der Waals surface area contributed by atoms with Gasteiger partial charge in [-0.3, -0.25) is 4.79 Å². The summed E-state index contributed by atoms with van der Waals surface area (Å²) in [6, 6.07) is 1.69. The van der Waals surface area contributed by atoms with Crippen molar-refractivity contribution in [1.82, 2.24) is 5.32 Å². The number of nitrogens with one attached hydrogen (secondary N) is 1. The van der Waals surface area contributed by atoms with Crippen LogP contribution in [0.3, 0.4) is 0 Å². The smallest absolute Gasteiger partial charge is 0.254 e. The van der Waals surface area contributed by atoms with Crippen LogP contribution in [-0.2, 0) is 6.42 Å². The van der Waals surface area contributed by atoms with Gasteiger partial charge in [0.1, 0.15) is 5.76 Å². The number of hydrogen-bond acceptors (Lipinski definition) is 2. The van der Waals surface area contributed by atoms with E-state index in [0.29, 0.717) is 18.0 Å². The Morgan fingerprint density at radius 2 is 2.40 bits per heavy atom. The molecule has 1 amide bonds. The average molecular weight is 230 g/mol. The number of carbonyl (C=O) groups excluding carboxylic acids is 1. The molecule has 0 radical (unpaired) electrons. The molecule has 0 bridgehead atoms. The molecule has 1 atom stereocenters. The molecule has 1 unspecified atom stereocenters.